The summed E-state index contributed by atoms with van der Waals surface area (Å²) in [5.41, 5.74) is 2.06. The molecule has 3 N–H and O–H groups in total. The molecule has 0 unspecified atom stereocenters. The second kappa shape index (κ2) is 10.1. The number of carboxylic acid groups (broad SMARTS) is 1. The minimum Gasteiger partial charge on any atom is -0.508 e. The third kappa shape index (κ3) is 6.39. The van der Waals surface area contributed by atoms with Crippen LogP contribution in [0.4, 0.5) is 0 Å². The van der Waals surface area contributed by atoms with Gasteiger partial charge in [-0.1, -0.05) is 45.4 Å². The molecular formula is C26H40O4. The lowest BCUT2D eigenvalue weighted by Crippen LogP contribution is -2.14. The van der Waals surface area contributed by atoms with Gasteiger partial charge in [-0.05, 0) is 81.8 Å². The first-order valence-corrected chi connectivity index (χ1v) is 12.1. The Kier molecular flexibility index (Phi) is 7.70. The highest BCUT2D eigenvalue weighted by atomic mass is 16.4. The number of unbranched alkanes of at least 4 members (excludes halogenated alkanes) is 6. The van der Waals surface area contributed by atoms with Crippen LogP contribution in [0, 0.1) is 10.8 Å². The topological polar surface area (TPSA) is 77.8 Å². The van der Waals surface area contributed by atoms with E-state index in [4.69, 9.17) is 0 Å². The monoisotopic (exact) mass is 416 g/mol. The van der Waals surface area contributed by atoms with Crippen molar-refractivity contribution in [2.45, 2.75) is 110 Å². The first-order chi connectivity index (χ1) is 14.4. The second-order valence-electron chi connectivity index (χ2n) is 10.3. The number of phenolic OH excluding ortho intramolecular Hbond substituents is 2. The summed E-state index contributed by atoms with van der Waals surface area (Å²) in [6, 6.07) is 3.22. The number of benzene rings is 1. The molecule has 0 aromatic heterocycles. The molecule has 0 spiro atoms. The SMILES string of the molecule is CC1(CCCCCCc2c(O)ccc(O)c2CCCCCCC2(C(=O)O)CC2)CC1. The third-order valence-corrected chi connectivity index (χ3v) is 7.58. The van der Waals surface area contributed by atoms with Crippen molar-refractivity contribution in [1.29, 1.82) is 0 Å². The van der Waals surface area contributed by atoms with Gasteiger partial charge in [-0.3, -0.25) is 4.79 Å². The van der Waals surface area contributed by atoms with Crippen molar-refractivity contribution in [1.82, 2.24) is 0 Å². The third-order valence-electron chi connectivity index (χ3n) is 7.58. The molecular weight excluding hydrogens is 376 g/mol. The van der Waals surface area contributed by atoms with Gasteiger partial charge in [0, 0.05) is 11.1 Å². The average molecular weight is 417 g/mol. The van der Waals surface area contributed by atoms with E-state index in [-0.39, 0.29) is 0 Å². The second-order valence-corrected chi connectivity index (χ2v) is 10.3. The number of aromatic hydroxyl groups is 2. The molecule has 2 aliphatic rings. The highest BCUT2D eigenvalue weighted by Crippen LogP contribution is 2.50. The van der Waals surface area contributed by atoms with Crippen LogP contribution in [0.1, 0.15) is 108 Å². The lowest BCUT2D eigenvalue weighted by atomic mass is 9.93. The van der Waals surface area contributed by atoms with Crippen molar-refractivity contribution in [3.05, 3.63) is 23.3 Å². The van der Waals surface area contributed by atoms with E-state index >= 15 is 0 Å². The molecule has 0 amide bonds. The van der Waals surface area contributed by atoms with Crippen molar-refractivity contribution >= 4 is 5.97 Å². The Labute approximate surface area is 181 Å². The van der Waals surface area contributed by atoms with Crippen LogP contribution in [0.5, 0.6) is 11.5 Å². The summed E-state index contributed by atoms with van der Waals surface area (Å²) >= 11 is 0. The van der Waals surface area contributed by atoms with Gasteiger partial charge in [-0.2, -0.15) is 0 Å². The summed E-state index contributed by atoms with van der Waals surface area (Å²) in [7, 11) is 0. The van der Waals surface area contributed by atoms with Crippen LogP contribution < -0.4 is 0 Å². The first kappa shape index (κ1) is 23.0. The lowest BCUT2D eigenvalue weighted by Gasteiger charge is -2.14. The highest BCUT2D eigenvalue weighted by molar-refractivity contribution is 5.77. The number of hydrogen-bond acceptors (Lipinski definition) is 3. The maximum absolute atomic E-state index is 11.2. The van der Waals surface area contributed by atoms with Crippen LogP contribution >= 0.6 is 0 Å². The van der Waals surface area contributed by atoms with Crippen molar-refractivity contribution in [3.63, 3.8) is 0 Å². The molecule has 1 aromatic carbocycles. The molecule has 4 nitrogen and oxygen atoms in total. The van der Waals surface area contributed by atoms with Crippen molar-refractivity contribution < 1.29 is 20.1 Å². The zero-order valence-electron chi connectivity index (χ0n) is 18.7. The number of phenols is 2. The van der Waals surface area contributed by atoms with Gasteiger partial charge >= 0.3 is 5.97 Å². The number of hydrogen-bond donors (Lipinski definition) is 3. The van der Waals surface area contributed by atoms with E-state index in [9.17, 15) is 20.1 Å². The fourth-order valence-corrected chi connectivity index (χ4v) is 4.74. The minimum atomic E-state index is -0.626. The number of carboxylic acids is 1. The van der Waals surface area contributed by atoms with Gasteiger partial charge in [0.2, 0.25) is 0 Å². The normalized spacial score (nSPS) is 18.3. The zero-order valence-corrected chi connectivity index (χ0v) is 18.7. The molecule has 1 aromatic rings. The van der Waals surface area contributed by atoms with E-state index in [1.54, 1.807) is 12.1 Å². The minimum absolute atomic E-state index is 0.298. The molecule has 2 saturated carbocycles. The molecule has 4 heteroatoms. The van der Waals surface area contributed by atoms with E-state index in [1.807, 2.05) is 0 Å². The summed E-state index contributed by atoms with van der Waals surface area (Å²) in [5, 5.41) is 30.0. The van der Waals surface area contributed by atoms with Crippen LogP contribution in [-0.2, 0) is 17.6 Å². The average Bonchev–Trinajstić information content (AvgIpc) is 3.63. The predicted molar refractivity (Wildman–Crippen MR) is 120 cm³/mol. The smallest absolute Gasteiger partial charge is 0.309 e. The summed E-state index contributed by atoms with van der Waals surface area (Å²) < 4.78 is 0. The largest absolute Gasteiger partial charge is 0.508 e. The van der Waals surface area contributed by atoms with E-state index < -0.39 is 11.4 Å². The maximum Gasteiger partial charge on any atom is 0.309 e. The Morgan fingerprint density at radius 1 is 0.767 bits per heavy atom. The molecule has 0 saturated heterocycles. The number of carbonyl (C=O) groups is 1. The zero-order chi connectivity index (χ0) is 21.6. The lowest BCUT2D eigenvalue weighted by molar-refractivity contribution is -0.143. The highest BCUT2D eigenvalue weighted by Gasteiger charge is 2.49. The molecule has 30 heavy (non-hydrogen) atoms. The van der Waals surface area contributed by atoms with Gasteiger partial charge in [0.15, 0.2) is 0 Å². The van der Waals surface area contributed by atoms with Gasteiger partial charge in [-0.15, -0.1) is 0 Å². The number of rotatable bonds is 15. The number of aliphatic carboxylic acids is 1. The summed E-state index contributed by atoms with van der Waals surface area (Å²) in [6.07, 6.45) is 17.0. The molecule has 0 radical (unpaired) electrons. The summed E-state index contributed by atoms with van der Waals surface area (Å²) in [5.74, 6) is -0.0174. The van der Waals surface area contributed by atoms with Gasteiger partial charge in [-0.25, -0.2) is 0 Å². The van der Waals surface area contributed by atoms with Crippen LogP contribution in [-0.4, -0.2) is 21.3 Å². The Bertz CT molecular complexity index is 716. The van der Waals surface area contributed by atoms with Crippen molar-refractivity contribution in [2.24, 2.45) is 10.8 Å². The Morgan fingerprint density at radius 2 is 1.23 bits per heavy atom. The fraction of sp³-hybridized carbons (Fsp3) is 0.731. The van der Waals surface area contributed by atoms with E-state index in [0.717, 1.165) is 75.3 Å². The molecule has 3 rings (SSSR count). The van der Waals surface area contributed by atoms with Crippen LogP contribution in [0.15, 0.2) is 12.1 Å². The van der Waals surface area contributed by atoms with Crippen molar-refractivity contribution in [2.75, 3.05) is 0 Å². The van der Waals surface area contributed by atoms with Crippen LogP contribution in [0.25, 0.3) is 0 Å². The Balaban J connectivity index is 1.37. The van der Waals surface area contributed by atoms with E-state index in [0.29, 0.717) is 16.9 Å². The standard InChI is InChI=1S/C26H40O4/c1-25(16-17-25)14-8-4-2-6-10-20-21(23(28)13-12-22(20)27)11-7-3-5-9-15-26(18-19-26)24(29)30/h12-13,27-28H,2-11,14-19H2,1H3,(H,29,30). The molecule has 2 aliphatic carbocycles. The Hall–Kier alpha value is -1.71. The van der Waals surface area contributed by atoms with E-state index in [2.05, 4.69) is 6.92 Å². The van der Waals surface area contributed by atoms with Gasteiger partial charge in [0.1, 0.15) is 11.5 Å². The van der Waals surface area contributed by atoms with Crippen molar-refractivity contribution in [3.8, 4) is 11.5 Å². The molecule has 0 atom stereocenters. The van der Waals surface area contributed by atoms with Gasteiger partial charge < -0.3 is 15.3 Å². The quantitative estimate of drug-likeness (QED) is 0.218. The van der Waals surface area contributed by atoms with Gasteiger partial charge in [0.05, 0.1) is 5.41 Å². The first-order valence-electron chi connectivity index (χ1n) is 12.1. The van der Waals surface area contributed by atoms with Crippen LogP contribution in [0.3, 0.4) is 0 Å². The summed E-state index contributed by atoms with van der Waals surface area (Å²) in [4.78, 5) is 11.2. The van der Waals surface area contributed by atoms with E-state index in [1.165, 1.54) is 38.5 Å². The fourth-order valence-electron chi connectivity index (χ4n) is 4.74. The molecule has 168 valence electrons. The van der Waals surface area contributed by atoms with Crippen LogP contribution in [0.2, 0.25) is 0 Å². The summed E-state index contributed by atoms with van der Waals surface area (Å²) in [6.45, 7) is 2.39. The molecule has 0 bridgehead atoms. The Morgan fingerprint density at radius 3 is 1.67 bits per heavy atom. The molecule has 0 heterocycles. The molecule has 2 fully saturated rings. The molecule has 0 aliphatic heterocycles. The predicted octanol–water partition coefficient (Wildman–Crippen LogP) is 6.75. The van der Waals surface area contributed by atoms with Gasteiger partial charge in [0.25, 0.3) is 0 Å². The maximum atomic E-state index is 11.2.